The molecule has 19 heavy (non-hydrogen) atoms. The van der Waals surface area contributed by atoms with Crippen molar-refractivity contribution in [2.75, 3.05) is 13.1 Å². The zero-order valence-corrected chi connectivity index (χ0v) is 11.4. The van der Waals surface area contributed by atoms with Crippen LogP contribution in [-0.4, -0.2) is 28.6 Å². The number of aromatic nitrogens is 1. The lowest BCUT2D eigenvalue weighted by molar-refractivity contribution is 0.243. The van der Waals surface area contributed by atoms with Crippen LogP contribution in [0.4, 0.5) is 0 Å². The molecule has 1 aromatic carbocycles. The second kappa shape index (κ2) is 5.17. The Labute approximate surface area is 113 Å². The molecule has 2 heterocycles. The first-order chi connectivity index (χ1) is 9.29. The number of pyridine rings is 1. The minimum Gasteiger partial charge on any atom is -0.313 e. The Morgan fingerprint density at radius 1 is 1.26 bits per heavy atom. The van der Waals surface area contributed by atoms with Gasteiger partial charge in [-0.15, -0.1) is 0 Å². The maximum atomic E-state index is 12.5. The number of nitrogens with zero attached hydrogens (tertiary/aromatic N) is 2. The van der Waals surface area contributed by atoms with Crippen LogP contribution in [0.3, 0.4) is 0 Å². The molecule has 1 aliphatic rings. The van der Waals surface area contributed by atoms with Crippen LogP contribution < -0.4 is 5.56 Å². The molecule has 0 unspecified atom stereocenters. The van der Waals surface area contributed by atoms with E-state index < -0.39 is 0 Å². The lowest BCUT2D eigenvalue weighted by atomic mass is 10.1. The summed E-state index contributed by atoms with van der Waals surface area (Å²) in [7, 11) is 0. The molecule has 0 amide bonds. The van der Waals surface area contributed by atoms with Gasteiger partial charge in [0.25, 0.3) is 5.56 Å². The molecule has 2 aromatic rings. The van der Waals surface area contributed by atoms with Crippen LogP contribution in [0.15, 0.2) is 41.3 Å². The fraction of sp³-hybridized carbons (Fsp3) is 0.438. The van der Waals surface area contributed by atoms with Gasteiger partial charge in [0.05, 0.1) is 0 Å². The van der Waals surface area contributed by atoms with Gasteiger partial charge in [-0.05, 0) is 43.5 Å². The van der Waals surface area contributed by atoms with Crippen molar-refractivity contribution in [1.29, 1.82) is 0 Å². The lowest BCUT2D eigenvalue weighted by Gasteiger charge is -2.23. The van der Waals surface area contributed by atoms with Gasteiger partial charge in [0, 0.05) is 24.2 Å². The van der Waals surface area contributed by atoms with Crippen LogP contribution in [0.5, 0.6) is 0 Å². The second-order valence-electron chi connectivity index (χ2n) is 5.29. The van der Waals surface area contributed by atoms with Gasteiger partial charge in [-0.25, -0.2) is 0 Å². The molecule has 0 aliphatic carbocycles. The molecule has 1 aliphatic heterocycles. The van der Waals surface area contributed by atoms with Crippen molar-refractivity contribution in [2.45, 2.75) is 32.4 Å². The van der Waals surface area contributed by atoms with Gasteiger partial charge in [-0.2, -0.15) is 0 Å². The Morgan fingerprint density at radius 3 is 2.95 bits per heavy atom. The largest absolute Gasteiger partial charge is 0.313 e. The number of rotatable bonds is 3. The summed E-state index contributed by atoms with van der Waals surface area (Å²) in [5.41, 5.74) is 0.140. The minimum atomic E-state index is 0.140. The first-order valence-corrected chi connectivity index (χ1v) is 7.12. The van der Waals surface area contributed by atoms with E-state index in [-0.39, 0.29) is 5.56 Å². The molecule has 0 radical (unpaired) electrons. The van der Waals surface area contributed by atoms with E-state index in [1.807, 2.05) is 41.1 Å². The standard InChI is InChI=1S/C16H20N2O/c1-2-17-10-5-7-14(17)12-18-11-9-13-6-3-4-8-15(13)16(18)19/h3-4,6,8-9,11,14H,2,5,7,10,12H2,1H3/t14-/m1/s1. The van der Waals surface area contributed by atoms with Gasteiger partial charge in [0.15, 0.2) is 0 Å². The predicted molar refractivity (Wildman–Crippen MR) is 78.5 cm³/mol. The van der Waals surface area contributed by atoms with E-state index in [1.54, 1.807) is 0 Å². The molecular weight excluding hydrogens is 236 g/mol. The number of hydrogen-bond acceptors (Lipinski definition) is 2. The average Bonchev–Trinajstić information content (AvgIpc) is 2.89. The number of hydrogen-bond donors (Lipinski definition) is 0. The maximum Gasteiger partial charge on any atom is 0.258 e. The highest BCUT2D eigenvalue weighted by Gasteiger charge is 2.23. The van der Waals surface area contributed by atoms with E-state index in [4.69, 9.17) is 0 Å². The summed E-state index contributed by atoms with van der Waals surface area (Å²) < 4.78 is 1.88. The van der Waals surface area contributed by atoms with Crippen LogP contribution in [-0.2, 0) is 6.54 Å². The van der Waals surface area contributed by atoms with Crippen LogP contribution in [0.2, 0.25) is 0 Å². The number of benzene rings is 1. The summed E-state index contributed by atoms with van der Waals surface area (Å²) in [6.07, 6.45) is 4.39. The normalized spacial score (nSPS) is 20.2. The molecule has 1 fully saturated rings. The molecule has 100 valence electrons. The molecule has 1 aromatic heterocycles. The topological polar surface area (TPSA) is 25.2 Å². The Bertz CT molecular complexity index is 632. The van der Waals surface area contributed by atoms with Crippen LogP contribution in [0.25, 0.3) is 10.8 Å². The smallest absolute Gasteiger partial charge is 0.258 e. The van der Waals surface area contributed by atoms with E-state index in [0.717, 1.165) is 23.9 Å². The molecule has 0 N–H and O–H groups in total. The fourth-order valence-corrected chi connectivity index (χ4v) is 3.12. The molecule has 3 heteroatoms. The Hall–Kier alpha value is -1.61. The van der Waals surface area contributed by atoms with Crippen molar-refractivity contribution in [3.63, 3.8) is 0 Å². The van der Waals surface area contributed by atoms with Crippen LogP contribution >= 0.6 is 0 Å². The minimum absolute atomic E-state index is 0.140. The second-order valence-corrected chi connectivity index (χ2v) is 5.29. The first-order valence-electron chi connectivity index (χ1n) is 7.12. The molecular formula is C16H20N2O. The summed E-state index contributed by atoms with van der Waals surface area (Å²) in [4.78, 5) is 14.9. The van der Waals surface area contributed by atoms with E-state index in [1.165, 1.54) is 19.4 Å². The third-order valence-electron chi connectivity index (χ3n) is 4.20. The van der Waals surface area contributed by atoms with Gasteiger partial charge in [-0.3, -0.25) is 9.69 Å². The number of likely N-dealkylation sites (tertiary alicyclic amines) is 1. The Morgan fingerprint density at radius 2 is 2.11 bits per heavy atom. The average molecular weight is 256 g/mol. The highest BCUT2D eigenvalue weighted by molar-refractivity contribution is 5.81. The van der Waals surface area contributed by atoms with Gasteiger partial charge < -0.3 is 4.57 Å². The Balaban J connectivity index is 1.93. The first kappa shape index (κ1) is 12.4. The van der Waals surface area contributed by atoms with Crippen molar-refractivity contribution in [3.05, 3.63) is 46.9 Å². The summed E-state index contributed by atoms with van der Waals surface area (Å²) in [5, 5.41) is 1.86. The molecule has 1 atom stereocenters. The molecule has 0 spiro atoms. The monoisotopic (exact) mass is 256 g/mol. The highest BCUT2D eigenvalue weighted by atomic mass is 16.1. The quantitative estimate of drug-likeness (QED) is 0.843. The van der Waals surface area contributed by atoms with E-state index in [9.17, 15) is 4.79 Å². The summed E-state index contributed by atoms with van der Waals surface area (Å²) >= 11 is 0. The van der Waals surface area contributed by atoms with Crippen molar-refractivity contribution in [2.24, 2.45) is 0 Å². The van der Waals surface area contributed by atoms with Crippen molar-refractivity contribution >= 4 is 10.8 Å². The molecule has 3 nitrogen and oxygen atoms in total. The van der Waals surface area contributed by atoms with Crippen molar-refractivity contribution in [3.8, 4) is 0 Å². The number of likely N-dealkylation sites (N-methyl/N-ethyl adjacent to an activating group) is 1. The van der Waals surface area contributed by atoms with Gasteiger partial charge in [0.2, 0.25) is 0 Å². The molecule has 3 rings (SSSR count). The molecule has 0 saturated carbocycles. The van der Waals surface area contributed by atoms with Crippen LogP contribution in [0.1, 0.15) is 19.8 Å². The third-order valence-corrected chi connectivity index (χ3v) is 4.20. The predicted octanol–water partition coefficient (Wildman–Crippen LogP) is 2.49. The maximum absolute atomic E-state index is 12.5. The summed E-state index contributed by atoms with van der Waals surface area (Å²) in [6.45, 7) is 5.26. The van der Waals surface area contributed by atoms with E-state index in [2.05, 4.69) is 11.8 Å². The van der Waals surface area contributed by atoms with Gasteiger partial charge in [0.1, 0.15) is 0 Å². The van der Waals surface area contributed by atoms with Crippen molar-refractivity contribution in [1.82, 2.24) is 9.47 Å². The number of fused-ring (bicyclic) bond motifs is 1. The lowest BCUT2D eigenvalue weighted by Crippen LogP contribution is -2.35. The zero-order valence-electron chi connectivity index (χ0n) is 11.4. The van der Waals surface area contributed by atoms with Gasteiger partial charge >= 0.3 is 0 Å². The van der Waals surface area contributed by atoms with Gasteiger partial charge in [-0.1, -0.05) is 25.1 Å². The fourth-order valence-electron chi connectivity index (χ4n) is 3.12. The summed E-state index contributed by atoms with van der Waals surface area (Å²) in [6, 6.07) is 10.4. The zero-order chi connectivity index (χ0) is 13.2. The van der Waals surface area contributed by atoms with E-state index in [0.29, 0.717) is 6.04 Å². The van der Waals surface area contributed by atoms with E-state index >= 15 is 0 Å². The molecule has 0 bridgehead atoms. The van der Waals surface area contributed by atoms with Crippen LogP contribution in [0, 0.1) is 0 Å². The van der Waals surface area contributed by atoms with Crippen molar-refractivity contribution < 1.29 is 0 Å². The Kier molecular flexibility index (Phi) is 3.38. The molecule has 1 saturated heterocycles. The summed E-state index contributed by atoms with van der Waals surface area (Å²) in [5.74, 6) is 0. The SMILES string of the molecule is CCN1CCC[C@@H]1Cn1ccc2ccccc2c1=O. The third kappa shape index (κ3) is 2.30. The highest BCUT2D eigenvalue weighted by Crippen LogP contribution is 2.18.